The van der Waals surface area contributed by atoms with Crippen LogP contribution >= 0.6 is 0 Å². The molecule has 0 radical (unpaired) electrons. The van der Waals surface area contributed by atoms with E-state index in [4.69, 9.17) is 0 Å². The van der Waals surface area contributed by atoms with Gasteiger partial charge in [0, 0.05) is 24.3 Å². The number of halogens is 1. The Labute approximate surface area is 150 Å². The van der Waals surface area contributed by atoms with Gasteiger partial charge in [-0.1, -0.05) is 18.2 Å². The van der Waals surface area contributed by atoms with Crippen LogP contribution in [0.25, 0.3) is 5.69 Å². The van der Waals surface area contributed by atoms with Crippen molar-refractivity contribution in [1.29, 1.82) is 0 Å². The Morgan fingerprint density at radius 1 is 1.27 bits per heavy atom. The highest BCUT2D eigenvalue weighted by Crippen LogP contribution is 2.48. The number of carbonyl (C=O) groups excluding carboxylic acids is 2. The van der Waals surface area contributed by atoms with Gasteiger partial charge in [-0.25, -0.2) is 14.2 Å². The number of aromatic nitrogens is 2. The summed E-state index contributed by atoms with van der Waals surface area (Å²) in [7, 11) is 1.18. The lowest BCUT2D eigenvalue weighted by Gasteiger charge is -2.22. The van der Waals surface area contributed by atoms with Crippen LogP contribution in [0.15, 0.2) is 42.9 Å². The van der Waals surface area contributed by atoms with Crippen molar-refractivity contribution < 1.29 is 18.7 Å². The average molecular weight is 357 g/mol. The number of amides is 1. The maximum absolute atomic E-state index is 15.4. The molecule has 4 rings (SSSR count). The van der Waals surface area contributed by atoms with Gasteiger partial charge in [0.25, 0.3) is 5.91 Å². The molecule has 0 N–H and O–H groups in total. The Morgan fingerprint density at radius 3 is 2.65 bits per heavy atom. The number of para-hydroxylation sites is 1. The van der Waals surface area contributed by atoms with Crippen molar-refractivity contribution in [2.45, 2.75) is 18.5 Å². The van der Waals surface area contributed by atoms with E-state index in [1.54, 1.807) is 17.1 Å². The van der Waals surface area contributed by atoms with E-state index in [1.807, 2.05) is 30.3 Å². The summed E-state index contributed by atoms with van der Waals surface area (Å²) in [5.41, 5.74) is -1.02. The van der Waals surface area contributed by atoms with Crippen LogP contribution in [0.2, 0.25) is 0 Å². The highest BCUT2D eigenvalue weighted by Gasteiger charge is 2.59. The molecule has 2 aliphatic rings. The number of imidazole rings is 1. The standard InChI is InChI=1S/C19H20FN3O3/c1-26-18(25)19(20)11-22(9-15(19)13-7-8-13)17(24)16-10-23(12-21-16)14-5-3-2-4-6-14/h2-6,10,12-13,15H,7-9,11H2,1H3. The van der Waals surface area contributed by atoms with E-state index in [2.05, 4.69) is 9.72 Å². The zero-order valence-corrected chi connectivity index (χ0v) is 14.5. The van der Waals surface area contributed by atoms with Crippen molar-refractivity contribution >= 4 is 11.9 Å². The zero-order valence-electron chi connectivity index (χ0n) is 14.5. The minimum atomic E-state index is -2.13. The summed E-state index contributed by atoms with van der Waals surface area (Å²) in [6.45, 7) is -0.0643. The molecule has 2 atom stereocenters. The van der Waals surface area contributed by atoms with Crippen LogP contribution in [-0.4, -0.2) is 52.2 Å². The Hall–Kier alpha value is -2.70. The number of nitrogens with zero attached hydrogens (tertiary/aromatic N) is 3. The normalized spacial score (nSPS) is 25.3. The predicted octanol–water partition coefficient (Wildman–Crippen LogP) is 2.24. The van der Waals surface area contributed by atoms with Crippen LogP contribution in [0.3, 0.4) is 0 Å². The monoisotopic (exact) mass is 357 g/mol. The largest absolute Gasteiger partial charge is 0.467 e. The number of benzene rings is 1. The van der Waals surface area contributed by atoms with Gasteiger partial charge < -0.3 is 14.2 Å². The molecule has 0 spiro atoms. The summed E-state index contributed by atoms with van der Waals surface area (Å²) >= 11 is 0. The topological polar surface area (TPSA) is 64.4 Å². The maximum Gasteiger partial charge on any atom is 0.345 e. The lowest BCUT2D eigenvalue weighted by molar-refractivity contribution is -0.156. The lowest BCUT2D eigenvalue weighted by atomic mass is 9.88. The van der Waals surface area contributed by atoms with Crippen molar-refractivity contribution in [3.63, 3.8) is 0 Å². The quantitative estimate of drug-likeness (QED) is 0.787. The Balaban J connectivity index is 1.55. The van der Waals surface area contributed by atoms with Crippen LogP contribution in [0.4, 0.5) is 4.39 Å². The van der Waals surface area contributed by atoms with E-state index in [0.717, 1.165) is 18.5 Å². The van der Waals surface area contributed by atoms with Gasteiger partial charge in [-0.3, -0.25) is 4.79 Å². The molecule has 1 saturated heterocycles. The molecule has 2 fully saturated rings. The first-order valence-corrected chi connectivity index (χ1v) is 8.69. The molecule has 1 aliphatic carbocycles. The summed E-state index contributed by atoms with van der Waals surface area (Å²) in [5, 5.41) is 0. The van der Waals surface area contributed by atoms with Crippen molar-refractivity contribution in [3.05, 3.63) is 48.5 Å². The number of carbonyl (C=O) groups is 2. The van der Waals surface area contributed by atoms with Crippen LogP contribution < -0.4 is 0 Å². The Kier molecular flexibility index (Phi) is 4.01. The molecule has 136 valence electrons. The molecule has 1 saturated carbocycles. The Morgan fingerprint density at radius 2 is 2.00 bits per heavy atom. The summed E-state index contributed by atoms with van der Waals surface area (Å²) in [6, 6.07) is 9.50. The predicted molar refractivity (Wildman–Crippen MR) is 91.5 cm³/mol. The van der Waals surface area contributed by atoms with E-state index in [-0.39, 0.29) is 30.6 Å². The van der Waals surface area contributed by atoms with Gasteiger partial charge in [-0.2, -0.15) is 0 Å². The molecule has 7 heteroatoms. The third-order valence-electron chi connectivity index (χ3n) is 5.28. The maximum atomic E-state index is 15.4. The van der Waals surface area contributed by atoms with Crippen molar-refractivity contribution in [1.82, 2.24) is 14.5 Å². The third-order valence-corrected chi connectivity index (χ3v) is 5.28. The minimum Gasteiger partial charge on any atom is -0.467 e. The van der Waals surface area contributed by atoms with Crippen LogP contribution in [0, 0.1) is 11.8 Å². The van der Waals surface area contributed by atoms with Crippen molar-refractivity contribution in [2.75, 3.05) is 20.2 Å². The van der Waals surface area contributed by atoms with Gasteiger partial charge in [0.15, 0.2) is 0 Å². The number of rotatable bonds is 4. The molecule has 1 aromatic carbocycles. The van der Waals surface area contributed by atoms with Crippen LogP contribution in [0.5, 0.6) is 0 Å². The summed E-state index contributed by atoms with van der Waals surface area (Å²) in [5.74, 6) is -1.62. The van der Waals surface area contributed by atoms with E-state index in [1.165, 1.54) is 12.0 Å². The van der Waals surface area contributed by atoms with Gasteiger partial charge in [0.2, 0.25) is 5.67 Å². The number of ether oxygens (including phenoxy) is 1. The van der Waals surface area contributed by atoms with E-state index >= 15 is 4.39 Å². The van der Waals surface area contributed by atoms with Gasteiger partial charge in [0.05, 0.1) is 13.7 Å². The molecule has 2 aromatic rings. The van der Waals surface area contributed by atoms with Gasteiger partial charge in [-0.05, 0) is 30.9 Å². The number of alkyl halides is 1. The van der Waals surface area contributed by atoms with Crippen LogP contribution in [-0.2, 0) is 9.53 Å². The highest BCUT2D eigenvalue weighted by atomic mass is 19.1. The summed E-state index contributed by atoms with van der Waals surface area (Å²) in [4.78, 5) is 30.4. The first-order chi connectivity index (χ1) is 12.5. The second-order valence-electron chi connectivity index (χ2n) is 6.99. The molecule has 2 heterocycles. The number of hydrogen-bond donors (Lipinski definition) is 0. The number of hydrogen-bond acceptors (Lipinski definition) is 4. The SMILES string of the molecule is COC(=O)C1(F)CN(C(=O)c2cn(-c3ccccc3)cn2)CC1C1CC1. The molecule has 1 aliphatic heterocycles. The fourth-order valence-electron chi connectivity index (χ4n) is 3.74. The molecule has 1 aromatic heterocycles. The van der Waals surface area contributed by atoms with E-state index in [0.29, 0.717) is 0 Å². The molecule has 1 amide bonds. The molecule has 26 heavy (non-hydrogen) atoms. The van der Waals surface area contributed by atoms with Crippen molar-refractivity contribution in [3.8, 4) is 5.69 Å². The van der Waals surface area contributed by atoms with Gasteiger partial charge in [-0.15, -0.1) is 0 Å². The fraction of sp³-hybridized carbons (Fsp3) is 0.421. The van der Waals surface area contributed by atoms with E-state index in [9.17, 15) is 9.59 Å². The number of esters is 1. The summed E-state index contributed by atoms with van der Waals surface area (Å²) in [6.07, 6.45) is 4.95. The number of likely N-dealkylation sites (tertiary alicyclic amines) is 1. The number of methoxy groups -OCH3 is 1. The molecule has 6 nitrogen and oxygen atoms in total. The molecular formula is C19H20FN3O3. The highest BCUT2D eigenvalue weighted by molar-refractivity contribution is 5.93. The van der Waals surface area contributed by atoms with Gasteiger partial charge in [0.1, 0.15) is 12.0 Å². The van der Waals surface area contributed by atoms with Crippen LogP contribution in [0.1, 0.15) is 23.3 Å². The molecule has 0 bridgehead atoms. The average Bonchev–Trinajstić information content (AvgIpc) is 3.27. The second-order valence-corrected chi connectivity index (χ2v) is 6.99. The Bertz CT molecular complexity index is 834. The molecule has 2 unspecified atom stereocenters. The van der Waals surface area contributed by atoms with Crippen molar-refractivity contribution in [2.24, 2.45) is 11.8 Å². The zero-order chi connectivity index (χ0) is 18.3. The first-order valence-electron chi connectivity index (χ1n) is 8.69. The molecular weight excluding hydrogens is 337 g/mol. The first kappa shape index (κ1) is 16.8. The smallest absolute Gasteiger partial charge is 0.345 e. The van der Waals surface area contributed by atoms with Gasteiger partial charge >= 0.3 is 5.97 Å². The second kappa shape index (κ2) is 6.23. The van der Waals surface area contributed by atoms with E-state index < -0.39 is 17.6 Å². The lowest BCUT2D eigenvalue weighted by Crippen LogP contribution is -2.44. The minimum absolute atomic E-state index is 0.138. The summed E-state index contributed by atoms with van der Waals surface area (Å²) < 4.78 is 21.8. The third kappa shape index (κ3) is 2.77. The fourth-order valence-corrected chi connectivity index (χ4v) is 3.74.